The zero-order valence-electron chi connectivity index (χ0n) is 16.4. The van der Waals surface area contributed by atoms with Gasteiger partial charge in [-0.05, 0) is 42.2 Å². The van der Waals surface area contributed by atoms with Crippen molar-refractivity contribution < 1.29 is 24.3 Å². The van der Waals surface area contributed by atoms with Crippen LogP contribution in [0, 0.1) is 10.1 Å². The van der Waals surface area contributed by atoms with Crippen molar-refractivity contribution in [1.82, 2.24) is 5.43 Å². The van der Waals surface area contributed by atoms with Gasteiger partial charge in [0.25, 0.3) is 5.91 Å². The lowest BCUT2D eigenvalue weighted by molar-refractivity contribution is -0.386. The Balaban J connectivity index is 1.96. The van der Waals surface area contributed by atoms with E-state index in [1.807, 2.05) is 12.1 Å². The second-order valence-electron chi connectivity index (χ2n) is 6.27. The Hall–Kier alpha value is -3.62. The Morgan fingerprint density at radius 3 is 2.59 bits per heavy atom. The molecule has 154 valence electrons. The Bertz CT molecular complexity index is 896. The molecule has 1 amide bonds. The fourth-order valence-electron chi connectivity index (χ4n) is 2.55. The number of nitrogens with zero attached hydrogens (tertiary/aromatic N) is 2. The molecule has 29 heavy (non-hydrogen) atoms. The number of hydrogen-bond acceptors (Lipinski definition) is 7. The maximum absolute atomic E-state index is 11.9. The number of nitro benzene ring substituents is 1. The molecule has 0 aliphatic rings. The van der Waals surface area contributed by atoms with E-state index in [1.165, 1.54) is 24.8 Å². The van der Waals surface area contributed by atoms with Crippen LogP contribution in [0.3, 0.4) is 0 Å². The largest absolute Gasteiger partial charge is 0.504 e. The molecule has 0 aliphatic carbocycles. The molecule has 9 nitrogen and oxygen atoms in total. The van der Waals surface area contributed by atoms with E-state index >= 15 is 0 Å². The molecule has 0 radical (unpaired) electrons. The lowest BCUT2D eigenvalue weighted by Gasteiger charge is -2.10. The minimum atomic E-state index is -0.700. The zero-order valence-corrected chi connectivity index (χ0v) is 16.4. The molecule has 9 heteroatoms. The summed E-state index contributed by atoms with van der Waals surface area (Å²) in [6, 6.07) is 10.0. The molecule has 2 rings (SSSR count). The molecular formula is C20H23N3O6. The van der Waals surface area contributed by atoms with E-state index in [0.717, 1.165) is 12.6 Å². The third-order valence-electron chi connectivity index (χ3n) is 4.35. The van der Waals surface area contributed by atoms with Gasteiger partial charge < -0.3 is 14.6 Å². The highest BCUT2D eigenvalue weighted by Crippen LogP contribution is 2.37. The van der Waals surface area contributed by atoms with Crippen molar-refractivity contribution in [3.8, 4) is 17.2 Å². The standard InChI is InChI=1S/C20H23N3O6/c1-4-13(2)14-5-8-16(9-6-14)29-12-18(25)22-21-11-15-7-10-17(24)20(28-3)19(15)23(26)27/h5-11,13,24H,4,12H2,1-3H3,(H,22,25). The summed E-state index contributed by atoms with van der Waals surface area (Å²) in [7, 11) is 1.21. The Morgan fingerprint density at radius 1 is 1.31 bits per heavy atom. The third kappa shape index (κ3) is 5.68. The number of ether oxygens (including phenoxy) is 2. The van der Waals surface area contributed by atoms with Crippen LogP contribution in [0.2, 0.25) is 0 Å². The van der Waals surface area contributed by atoms with Gasteiger partial charge in [-0.15, -0.1) is 0 Å². The maximum atomic E-state index is 11.9. The number of carbonyl (C=O) groups excluding carboxylic acids is 1. The van der Waals surface area contributed by atoms with Gasteiger partial charge in [0, 0.05) is 0 Å². The van der Waals surface area contributed by atoms with Crippen molar-refractivity contribution in [2.24, 2.45) is 5.10 Å². The molecule has 0 aromatic heterocycles. The topological polar surface area (TPSA) is 123 Å². The fraction of sp³-hybridized carbons (Fsp3) is 0.300. The van der Waals surface area contributed by atoms with Crippen LogP contribution >= 0.6 is 0 Å². The quantitative estimate of drug-likeness (QED) is 0.377. The summed E-state index contributed by atoms with van der Waals surface area (Å²) in [5.41, 5.74) is 3.04. The van der Waals surface area contributed by atoms with Gasteiger partial charge in [-0.25, -0.2) is 5.43 Å². The number of phenols is 1. The summed E-state index contributed by atoms with van der Waals surface area (Å²) in [4.78, 5) is 22.4. The zero-order chi connectivity index (χ0) is 21.4. The van der Waals surface area contributed by atoms with Crippen molar-refractivity contribution in [3.63, 3.8) is 0 Å². The van der Waals surface area contributed by atoms with Gasteiger partial charge in [0.15, 0.2) is 12.4 Å². The third-order valence-corrected chi connectivity index (χ3v) is 4.35. The lowest BCUT2D eigenvalue weighted by Crippen LogP contribution is -2.24. The number of rotatable bonds is 9. The molecule has 0 bridgehead atoms. The van der Waals surface area contributed by atoms with Gasteiger partial charge in [0.2, 0.25) is 5.75 Å². The van der Waals surface area contributed by atoms with Crippen LogP contribution in [0.1, 0.15) is 37.3 Å². The number of methoxy groups -OCH3 is 1. The van der Waals surface area contributed by atoms with Crippen LogP contribution in [0.15, 0.2) is 41.5 Å². The van der Waals surface area contributed by atoms with Crippen LogP contribution in [0.5, 0.6) is 17.2 Å². The summed E-state index contributed by atoms with van der Waals surface area (Å²) >= 11 is 0. The van der Waals surface area contributed by atoms with Crippen LogP contribution in [0.4, 0.5) is 5.69 Å². The molecular weight excluding hydrogens is 378 g/mol. The van der Waals surface area contributed by atoms with Crippen molar-refractivity contribution in [1.29, 1.82) is 0 Å². The molecule has 0 fully saturated rings. The molecule has 0 spiro atoms. The number of amides is 1. The van der Waals surface area contributed by atoms with Gasteiger partial charge >= 0.3 is 5.69 Å². The summed E-state index contributed by atoms with van der Waals surface area (Å²) in [6.45, 7) is 3.99. The van der Waals surface area contributed by atoms with Gasteiger partial charge in [0.05, 0.1) is 23.8 Å². The smallest absolute Gasteiger partial charge is 0.323 e. The van der Waals surface area contributed by atoms with Crippen LogP contribution in [0.25, 0.3) is 0 Å². The number of phenolic OH excluding ortho intramolecular Hbond substituents is 1. The van der Waals surface area contributed by atoms with Crippen LogP contribution in [-0.2, 0) is 4.79 Å². The van der Waals surface area contributed by atoms with E-state index < -0.39 is 16.5 Å². The molecule has 2 aromatic rings. The van der Waals surface area contributed by atoms with E-state index in [4.69, 9.17) is 9.47 Å². The van der Waals surface area contributed by atoms with E-state index in [0.29, 0.717) is 11.7 Å². The van der Waals surface area contributed by atoms with Crippen molar-refractivity contribution >= 4 is 17.8 Å². The minimum Gasteiger partial charge on any atom is -0.504 e. The Labute approximate surface area is 168 Å². The first kappa shape index (κ1) is 21.7. The number of aromatic hydroxyl groups is 1. The minimum absolute atomic E-state index is 0.0616. The number of nitrogens with one attached hydrogen (secondary N) is 1. The normalized spacial score (nSPS) is 11.8. The summed E-state index contributed by atoms with van der Waals surface area (Å²) in [5, 5.41) is 24.6. The van der Waals surface area contributed by atoms with Crippen LogP contribution in [-0.4, -0.2) is 35.9 Å². The number of carbonyl (C=O) groups is 1. The highest BCUT2D eigenvalue weighted by Gasteiger charge is 2.23. The average molecular weight is 401 g/mol. The van der Waals surface area contributed by atoms with Crippen molar-refractivity contribution in [3.05, 3.63) is 57.6 Å². The summed E-state index contributed by atoms with van der Waals surface area (Å²) < 4.78 is 10.3. The van der Waals surface area contributed by atoms with Gasteiger partial charge in [-0.1, -0.05) is 26.0 Å². The number of hydrogen-bond donors (Lipinski definition) is 2. The Kier molecular flexibility index (Phi) is 7.53. The fourth-order valence-corrected chi connectivity index (χ4v) is 2.55. The predicted molar refractivity (Wildman–Crippen MR) is 108 cm³/mol. The first-order chi connectivity index (χ1) is 13.9. The number of benzene rings is 2. The van der Waals surface area contributed by atoms with E-state index in [-0.39, 0.29) is 23.7 Å². The van der Waals surface area contributed by atoms with E-state index in [1.54, 1.807) is 12.1 Å². The molecule has 0 saturated heterocycles. The molecule has 1 atom stereocenters. The van der Waals surface area contributed by atoms with Gasteiger partial charge in [-0.3, -0.25) is 14.9 Å². The van der Waals surface area contributed by atoms with Crippen LogP contribution < -0.4 is 14.9 Å². The molecule has 0 heterocycles. The van der Waals surface area contributed by atoms with Gasteiger partial charge in [-0.2, -0.15) is 5.10 Å². The summed E-state index contributed by atoms with van der Waals surface area (Å²) in [6.07, 6.45) is 2.13. The van der Waals surface area contributed by atoms with Crippen molar-refractivity contribution in [2.75, 3.05) is 13.7 Å². The molecule has 1 unspecified atom stereocenters. The first-order valence-electron chi connectivity index (χ1n) is 8.96. The van der Waals surface area contributed by atoms with Gasteiger partial charge in [0.1, 0.15) is 5.75 Å². The number of hydrazone groups is 1. The second-order valence-corrected chi connectivity index (χ2v) is 6.27. The first-order valence-corrected chi connectivity index (χ1v) is 8.96. The lowest BCUT2D eigenvalue weighted by atomic mass is 9.99. The van der Waals surface area contributed by atoms with Crippen molar-refractivity contribution in [2.45, 2.75) is 26.2 Å². The number of nitro groups is 1. The van der Waals surface area contributed by atoms with E-state index in [2.05, 4.69) is 24.4 Å². The highest BCUT2D eigenvalue weighted by atomic mass is 16.6. The van der Waals surface area contributed by atoms with E-state index in [9.17, 15) is 20.0 Å². The monoisotopic (exact) mass is 401 g/mol. The molecule has 0 saturated carbocycles. The molecule has 2 N–H and O–H groups in total. The highest BCUT2D eigenvalue weighted by molar-refractivity contribution is 5.89. The predicted octanol–water partition coefficient (Wildman–Crippen LogP) is 3.35. The maximum Gasteiger partial charge on any atom is 0.323 e. The SMILES string of the molecule is CCC(C)c1ccc(OCC(=O)NN=Cc2ccc(O)c(OC)c2[N+](=O)[O-])cc1. The molecule has 2 aromatic carbocycles. The summed E-state index contributed by atoms with van der Waals surface area (Å²) in [5.74, 6) is -0.178. The second kappa shape index (κ2) is 10.1. The Morgan fingerprint density at radius 2 is 2.00 bits per heavy atom. The average Bonchev–Trinajstić information content (AvgIpc) is 2.72. The molecule has 0 aliphatic heterocycles.